The Morgan fingerprint density at radius 2 is 2.25 bits per heavy atom. The third-order valence-electron chi connectivity index (χ3n) is 2.81. The Labute approximate surface area is 121 Å². The highest BCUT2D eigenvalue weighted by Crippen LogP contribution is 2.24. The van der Waals surface area contributed by atoms with Crippen molar-refractivity contribution in [3.63, 3.8) is 0 Å². The summed E-state index contributed by atoms with van der Waals surface area (Å²) in [7, 11) is 1.80. The molecule has 0 bridgehead atoms. The van der Waals surface area contributed by atoms with Crippen LogP contribution in [0.25, 0.3) is 0 Å². The van der Waals surface area contributed by atoms with Crippen molar-refractivity contribution in [1.82, 2.24) is 5.32 Å². The monoisotopic (exact) mass is 292 g/mol. The second kappa shape index (κ2) is 7.02. The van der Waals surface area contributed by atoms with Crippen LogP contribution in [0.3, 0.4) is 0 Å². The van der Waals surface area contributed by atoms with Gasteiger partial charge in [-0.1, -0.05) is 6.07 Å². The van der Waals surface area contributed by atoms with E-state index in [0.29, 0.717) is 18.9 Å². The van der Waals surface area contributed by atoms with Gasteiger partial charge in [-0.2, -0.15) is 0 Å². The van der Waals surface area contributed by atoms with Gasteiger partial charge in [0, 0.05) is 35.5 Å². The molecule has 2 rings (SSSR count). The molecule has 0 saturated carbocycles. The molecule has 6 heteroatoms. The van der Waals surface area contributed by atoms with E-state index in [1.54, 1.807) is 30.5 Å². The van der Waals surface area contributed by atoms with Gasteiger partial charge in [-0.3, -0.25) is 10.1 Å². The molecule has 0 aliphatic heterocycles. The van der Waals surface area contributed by atoms with Crippen molar-refractivity contribution in [3.05, 3.63) is 56.3 Å². The maximum Gasteiger partial charge on any atom is 0.270 e. The smallest absolute Gasteiger partial charge is 0.270 e. The molecule has 0 unspecified atom stereocenters. The first-order valence-corrected chi connectivity index (χ1v) is 7.16. The SMILES string of the molecule is CNCc1cc([N+](=O)[O-])ccc1OCCc1cccs1. The number of nitrogens with one attached hydrogen (secondary N) is 1. The molecule has 20 heavy (non-hydrogen) atoms. The van der Waals surface area contributed by atoms with E-state index in [-0.39, 0.29) is 5.69 Å². The Morgan fingerprint density at radius 3 is 2.90 bits per heavy atom. The first-order chi connectivity index (χ1) is 9.70. The predicted octanol–water partition coefficient (Wildman–Crippen LogP) is 3.00. The molecule has 1 aromatic heterocycles. The largest absolute Gasteiger partial charge is 0.493 e. The molecule has 1 heterocycles. The van der Waals surface area contributed by atoms with Gasteiger partial charge in [0.15, 0.2) is 0 Å². The summed E-state index contributed by atoms with van der Waals surface area (Å²) in [6, 6.07) is 8.77. The van der Waals surface area contributed by atoms with Crippen molar-refractivity contribution in [2.45, 2.75) is 13.0 Å². The molecule has 0 fully saturated rings. The fourth-order valence-corrected chi connectivity index (χ4v) is 2.56. The molecule has 106 valence electrons. The van der Waals surface area contributed by atoms with Crippen molar-refractivity contribution in [2.75, 3.05) is 13.7 Å². The highest BCUT2D eigenvalue weighted by molar-refractivity contribution is 7.09. The summed E-state index contributed by atoms with van der Waals surface area (Å²) < 4.78 is 5.74. The molecule has 0 saturated heterocycles. The van der Waals surface area contributed by atoms with Crippen LogP contribution in [0, 0.1) is 10.1 Å². The summed E-state index contributed by atoms with van der Waals surface area (Å²) in [4.78, 5) is 11.7. The molecule has 2 aromatic rings. The number of thiophene rings is 1. The van der Waals surface area contributed by atoms with Crippen LogP contribution < -0.4 is 10.1 Å². The normalized spacial score (nSPS) is 10.4. The van der Waals surface area contributed by atoms with Crippen LogP contribution in [0.15, 0.2) is 35.7 Å². The van der Waals surface area contributed by atoms with Crippen molar-refractivity contribution in [3.8, 4) is 5.75 Å². The summed E-state index contributed by atoms with van der Waals surface area (Å²) in [5, 5.41) is 15.8. The first-order valence-electron chi connectivity index (χ1n) is 6.28. The van der Waals surface area contributed by atoms with Crippen LogP contribution in [0.1, 0.15) is 10.4 Å². The van der Waals surface area contributed by atoms with Crippen LogP contribution >= 0.6 is 11.3 Å². The quantitative estimate of drug-likeness (QED) is 0.629. The average molecular weight is 292 g/mol. The van der Waals surface area contributed by atoms with Gasteiger partial charge < -0.3 is 10.1 Å². The van der Waals surface area contributed by atoms with Gasteiger partial charge in [0.1, 0.15) is 5.75 Å². The maximum absolute atomic E-state index is 10.8. The van der Waals surface area contributed by atoms with Gasteiger partial charge in [0.05, 0.1) is 11.5 Å². The lowest BCUT2D eigenvalue weighted by Gasteiger charge is -2.10. The third kappa shape index (κ3) is 3.79. The fourth-order valence-electron chi connectivity index (χ4n) is 1.87. The average Bonchev–Trinajstić information content (AvgIpc) is 2.93. The van der Waals surface area contributed by atoms with E-state index in [1.807, 2.05) is 11.4 Å². The Balaban J connectivity index is 2.03. The molecular weight excluding hydrogens is 276 g/mol. The number of hydrogen-bond donors (Lipinski definition) is 1. The van der Waals surface area contributed by atoms with Crippen molar-refractivity contribution >= 4 is 17.0 Å². The highest BCUT2D eigenvalue weighted by atomic mass is 32.1. The number of nitrogens with zero attached hydrogens (tertiary/aromatic N) is 1. The van der Waals surface area contributed by atoms with Gasteiger partial charge in [0.2, 0.25) is 0 Å². The summed E-state index contributed by atoms with van der Waals surface area (Å²) in [6.07, 6.45) is 0.841. The number of nitro groups is 1. The topological polar surface area (TPSA) is 64.4 Å². The number of ether oxygens (including phenoxy) is 1. The Kier molecular flexibility index (Phi) is 5.09. The molecule has 1 aromatic carbocycles. The van der Waals surface area contributed by atoms with Crippen LogP contribution in [-0.2, 0) is 13.0 Å². The summed E-state index contributed by atoms with van der Waals surface area (Å²) in [5.74, 6) is 0.696. The Morgan fingerprint density at radius 1 is 1.40 bits per heavy atom. The van der Waals surface area contributed by atoms with E-state index < -0.39 is 4.92 Å². The number of benzene rings is 1. The third-order valence-corrected chi connectivity index (χ3v) is 3.74. The minimum absolute atomic E-state index is 0.0841. The molecule has 0 aliphatic carbocycles. The van der Waals surface area contributed by atoms with E-state index in [9.17, 15) is 10.1 Å². The van der Waals surface area contributed by atoms with E-state index >= 15 is 0 Å². The zero-order valence-corrected chi connectivity index (χ0v) is 12.0. The number of non-ortho nitro benzene ring substituents is 1. The lowest BCUT2D eigenvalue weighted by Crippen LogP contribution is -2.09. The zero-order valence-electron chi connectivity index (χ0n) is 11.2. The van der Waals surface area contributed by atoms with Crippen molar-refractivity contribution in [1.29, 1.82) is 0 Å². The van der Waals surface area contributed by atoms with Crippen LogP contribution in [0.2, 0.25) is 0 Å². The summed E-state index contributed by atoms with van der Waals surface area (Å²) in [5.41, 5.74) is 0.883. The highest BCUT2D eigenvalue weighted by Gasteiger charge is 2.11. The molecule has 0 amide bonds. The summed E-state index contributed by atoms with van der Waals surface area (Å²) >= 11 is 1.70. The fraction of sp³-hybridized carbons (Fsp3) is 0.286. The van der Waals surface area contributed by atoms with Crippen molar-refractivity contribution < 1.29 is 9.66 Å². The van der Waals surface area contributed by atoms with E-state index in [0.717, 1.165) is 12.0 Å². The second-order valence-corrected chi connectivity index (χ2v) is 5.29. The molecule has 0 radical (unpaired) electrons. The van der Waals surface area contributed by atoms with Gasteiger partial charge in [-0.15, -0.1) is 11.3 Å². The first kappa shape index (κ1) is 14.5. The summed E-state index contributed by atoms with van der Waals surface area (Å²) in [6.45, 7) is 1.10. The minimum atomic E-state index is -0.394. The molecule has 0 spiro atoms. The molecular formula is C14H16N2O3S. The van der Waals surface area contributed by atoms with Crippen LogP contribution in [-0.4, -0.2) is 18.6 Å². The minimum Gasteiger partial charge on any atom is -0.493 e. The Bertz CT molecular complexity index is 570. The Hall–Kier alpha value is -1.92. The maximum atomic E-state index is 10.8. The molecule has 5 nitrogen and oxygen atoms in total. The van der Waals surface area contributed by atoms with Crippen LogP contribution in [0.5, 0.6) is 5.75 Å². The lowest BCUT2D eigenvalue weighted by atomic mass is 10.1. The predicted molar refractivity (Wildman–Crippen MR) is 79.4 cm³/mol. The van der Waals surface area contributed by atoms with Gasteiger partial charge in [-0.05, 0) is 24.6 Å². The van der Waals surface area contributed by atoms with Crippen molar-refractivity contribution in [2.24, 2.45) is 0 Å². The van der Waals surface area contributed by atoms with Gasteiger partial charge in [-0.25, -0.2) is 0 Å². The molecule has 0 atom stereocenters. The van der Waals surface area contributed by atoms with Gasteiger partial charge in [0.25, 0.3) is 5.69 Å². The standard InChI is InChI=1S/C14H16N2O3S/c1-15-10-11-9-12(16(17)18)4-5-14(11)19-7-6-13-3-2-8-20-13/h2-5,8-9,15H,6-7,10H2,1H3. The van der Waals surface area contributed by atoms with E-state index in [1.165, 1.54) is 10.9 Å². The number of nitro benzene ring substituents is 1. The van der Waals surface area contributed by atoms with Gasteiger partial charge >= 0.3 is 0 Å². The van der Waals surface area contributed by atoms with Crippen LogP contribution in [0.4, 0.5) is 5.69 Å². The van der Waals surface area contributed by atoms with E-state index in [2.05, 4.69) is 11.4 Å². The molecule has 1 N–H and O–H groups in total. The lowest BCUT2D eigenvalue weighted by molar-refractivity contribution is -0.384. The molecule has 0 aliphatic rings. The second-order valence-electron chi connectivity index (χ2n) is 4.26. The number of rotatable bonds is 7. The number of hydrogen-bond acceptors (Lipinski definition) is 5. The van der Waals surface area contributed by atoms with E-state index in [4.69, 9.17) is 4.74 Å². The zero-order chi connectivity index (χ0) is 14.4.